The number of hydrogen-bond acceptors (Lipinski definition) is 4. The molecule has 0 radical (unpaired) electrons. The van der Waals surface area contributed by atoms with Gasteiger partial charge in [-0.2, -0.15) is 18.3 Å². The van der Waals surface area contributed by atoms with Gasteiger partial charge in [-0.3, -0.25) is 4.79 Å². The predicted octanol–water partition coefficient (Wildman–Crippen LogP) is 2.61. The Kier molecular flexibility index (Phi) is 3.67. The molecule has 2 heterocycles. The third-order valence-corrected chi connectivity index (χ3v) is 3.89. The fraction of sp³-hybridized carbons (Fsp3) is 0.357. The number of carbonyl (C=O) groups is 1. The van der Waals surface area contributed by atoms with Crippen molar-refractivity contribution in [2.24, 2.45) is 21.9 Å². The van der Waals surface area contributed by atoms with E-state index in [1.807, 2.05) is 0 Å². The lowest BCUT2D eigenvalue weighted by atomic mass is 10.0. The molecular weight excluding hydrogens is 316 g/mol. The maximum absolute atomic E-state index is 13.8. The van der Waals surface area contributed by atoms with Crippen LogP contribution in [0, 0.1) is 11.7 Å². The molecule has 23 heavy (non-hydrogen) atoms. The number of nitrogens with zero attached hydrogens (tertiary/aromatic N) is 3. The standard InChI is InChI=1S/C14H12F4N4O/c15-10-2-9-6-22(5-8(9)1-7(10)3-19)11-4-20-21-13(23)12(11)14(16,17)18/h1-2,4,12H,3,5-6,19H2. The first-order chi connectivity index (χ1) is 10.8. The van der Waals surface area contributed by atoms with Gasteiger partial charge >= 0.3 is 6.18 Å². The van der Waals surface area contributed by atoms with E-state index in [2.05, 4.69) is 10.2 Å². The predicted molar refractivity (Wildman–Crippen MR) is 71.0 cm³/mol. The summed E-state index contributed by atoms with van der Waals surface area (Å²) in [5.74, 6) is -4.18. The summed E-state index contributed by atoms with van der Waals surface area (Å²) in [5, 5.41) is 6.32. The molecule has 3 rings (SSSR count). The zero-order valence-electron chi connectivity index (χ0n) is 11.8. The van der Waals surface area contributed by atoms with Crippen LogP contribution in [0.25, 0.3) is 0 Å². The van der Waals surface area contributed by atoms with Gasteiger partial charge in [-0.25, -0.2) is 4.39 Å². The minimum atomic E-state index is -4.76. The number of amides is 1. The molecule has 0 aliphatic carbocycles. The Hall–Kier alpha value is -2.29. The number of azo groups is 1. The summed E-state index contributed by atoms with van der Waals surface area (Å²) in [4.78, 5) is 12.9. The van der Waals surface area contributed by atoms with E-state index in [1.165, 1.54) is 11.0 Å². The van der Waals surface area contributed by atoms with Crippen molar-refractivity contribution >= 4 is 5.91 Å². The van der Waals surface area contributed by atoms with Gasteiger partial charge in [0.25, 0.3) is 5.91 Å². The molecular formula is C14H12F4N4O. The number of benzene rings is 1. The third-order valence-electron chi connectivity index (χ3n) is 3.89. The van der Waals surface area contributed by atoms with Crippen molar-refractivity contribution in [2.75, 3.05) is 0 Å². The summed E-state index contributed by atoms with van der Waals surface area (Å²) in [7, 11) is 0. The molecule has 5 nitrogen and oxygen atoms in total. The summed E-state index contributed by atoms with van der Waals surface area (Å²) in [6, 6.07) is 2.81. The highest BCUT2D eigenvalue weighted by Gasteiger charge is 2.50. The average Bonchev–Trinajstić information content (AvgIpc) is 2.87. The van der Waals surface area contributed by atoms with Gasteiger partial charge in [0.15, 0.2) is 5.92 Å². The van der Waals surface area contributed by atoms with Crippen molar-refractivity contribution in [3.63, 3.8) is 0 Å². The third kappa shape index (κ3) is 2.72. The molecule has 122 valence electrons. The number of carbonyl (C=O) groups excluding carboxylic acids is 1. The van der Waals surface area contributed by atoms with Crippen molar-refractivity contribution in [3.8, 4) is 0 Å². The van der Waals surface area contributed by atoms with Crippen LogP contribution in [-0.4, -0.2) is 17.0 Å². The van der Waals surface area contributed by atoms with E-state index in [0.717, 1.165) is 6.20 Å². The Labute approximate surface area is 128 Å². The molecule has 0 saturated heterocycles. The van der Waals surface area contributed by atoms with E-state index in [9.17, 15) is 22.4 Å². The molecule has 1 unspecified atom stereocenters. The van der Waals surface area contributed by atoms with E-state index in [4.69, 9.17) is 5.73 Å². The fourth-order valence-corrected chi connectivity index (χ4v) is 2.79. The number of hydrogen-bond donors (Lipinski definition) is 1. The molecule has 0 aromatic heterocycles. The van der Waals surface area contributed by atoms with Crippen molar-refractivity contribution in [1.29, 1.82) is 0 Å². The van der Waals surface area contributed by atoms with Gasteiger partial charge in [0.1, 0.15) is 5.82 Å². The molecule has 1 aromatic rings. The van der Waals surface area contributed by atoms with Gasteiger partial charge in [0.05, 0.1) is 11.9 Å². The molecule has 0 bridgehead atoms. The fourth-order valence-electron chi connectivity index (χ4n) is 2.79. The summed E-state index contributed by atoms with van der Waals surface area (Å²) < 4.78 is 53.2. The first kappa shape index (κ1) is 15.6. The van der Waals surface area contributed by atoms with Gasteiger partial charge in [-0.1, -0.05) is 0 Å². The summed E-state index contributed by atoms with van der Waals surface area (Å²) in [6.45, 7) is 0.196. The SMILES string of the molecule is NCc1cc2c(cc1F)CN(C1=CN=NC(=O)C1C(F)(F)F)C2. The first-order valence-corrected chi connectivity index (χ1v) is 6.78. The number of rotatable bonds is 2. The minimum Gasteiger partial charge on any atom is -0.364 e. The maximum Gasteiger partial charge on any atom is 0.406 e. The molecule has 2 N–H and O–H groups in total. The van der Waals surface area contributed by atoms with Crippen LogP contribution in [0.5, 0.6) is 0 Å². The molecule has 0 spiro atoms. The normalized spacial score (nSPS) is 20.7. The summed E-state index contributed by atoms with van der Waals surface area (Å²) >= 11 is 0. The number of nitrogens with two attached hydrogens (primary N) is 1. The van der Waals surface area contributed by atoms with Crippen LogP contribution >= 0.6 is 0 Å². The van der Waals surface area contributed by atoms with Gasteiger partial charge in [0.2, 0.25) is 0 Å². The van der Waals surface area contributed by atoms with Gasteiger partial charge < -0.3 is 10.6 Å². The lowest BCUT2D eigenvalue weighted by Crippen LogP contribution is -2.38. The molecule has 1 aromatic carbocycles. The van der Waals surface area contributed by atoms with Crippen LogP contribution in [0.15, 0.2) is 34.3 Å². The van der Waals surface area contributed by atoms with Gasteiger partial charge in [-0.05, 0) is 23.3 Å². The van der Waals surface area contributed by atoms with Crippen molar-refractivity contribution in [3.05, 3.63) is 46.5 Å². The Bertz CT molecular complexity index is 726. The van der Waals surface area contributed by atoms with E-state index in [-0.39, 0.29) is 25.3 Å². The number of fused-ring (bicyclic) bond motifs is 1. The zero-order chi connectivity index (χ0) is 16.8. The second kappa shape index (κ2) is 5.41. The van der Waals surface area contributed by atoms with E-state index >= 15 is 0 Å². The zero-order valence-corrected chi connectivity index (χ0v) is 11.8. The van der Waals surface area contributed by atoms with E-state index < -0.39 is 23.8 Å². The average molecular weight is 328 g/mol. The first-order valence-electron chi connectivity index (χ1n) is 6.78. The van der Waals surface area contributed by atoms with Crippen molar-refractivity contribution in [2.45, 2.75) is 25.8 Å². The lowest BCUT2D eigenvalue weighted by molar-refractivity contribution is -0.177. The second-order valence-electron chi connectivity index (χ2n) is 5.35. The minimum absolute atomic E-state index is 0.000312. The van der Waals surface area contributed by atoms with E-state index in [1.54, 1.807) is 6.07 Å². The van der Waals surface area contributed by atoms with Gasteiger partial charge in [-0.15, -0.1) is 5.11 Å². The van der Waals surface area contributed by atoms with Crippen LogP contribution in [0.4, 0.5) is 17.6 Å². The molecule has 2 aliphatic rings. The Morgan fingerprint density at radius 3 is 2.52 bits per heavy atom. The Morgan fingerprint density at radius 2 is 1.91 bits per heavy atom. The second-order valence-corrected chi connectivity index (χ2v) is 5.35. The van der Waals surface area contributed by atoms with Crippen molar-refractivity contribution < 1.29 is 22.4 Å². The Morgan fingerprint density at radius 1 is 1.26 bits per heavy atom. The van der Waals surface area contributed by atoms with Gasteiger partial charge in [0, 0.05) is 25.2 Å². The molecule has 1 atom stereocenters. The highest BCUT2D eigenvalue weighted by Crippen LogP contribution is 2.39. The summed E-state index contributed by atoms with van der Waals surface area (Å²) in [6.07, 6.45) is -3.82. The number of alkyl halides is 3. The highest BCUT2D eigenvalue weighted by atomic mass is 19.4. The van der Waals surface area contributed by atoms with Crippen molar-refractivity contribution in [1.82, 2.24) is 4.90 Å². The van der Waals surface area contributed by atoms with Crippen LogP contribution in [-0.2, 0) is 24.4 Å². The number of halogens is 4. The van der Waals surface area contributed by atoms with Crippen LogP contribution in [0.1, 0.15) is 16.7 Å². The largest absolute Gasteiger partial charge is 0.406 e. The monoisotopic (exact) mass is 328 g/mol. The quantitative estimate of drug-likeness (QED) is 0.848. The molecule has 0 saturated carbocycles. The molecule has 9 heteroatoms. The highest BCUT2D eigenvalue weighted by molar-refractivity contribution is 5.83. The van der Waals surface area contributed by atoms with Crippen LogP contribution < -0.4 is 5.73 Å². The molecule has 1 amide bonds. The smallest absolute Gasteiger partial charge is 0.364 e. The molecule has 2 aliphatic heterocycles. The maximum atomic E-state index is 13.8. The van der Waals surface area contributed by atoms with Crippen LogP contribution in [0.3, 0.4) is 0 Å². The topological polar surface area (TPSA) is 71.0 Å². The Balaban J connectivity index is 1.93. The summed E-state index contributed by atoms with van der Waals surface area (Å²) in [5.41, 5.74) is 6.71. The lowest BCUT2D eigenvalue weighted by Gasteiger charge is -2.28. The van der Waals surface area contributed by atoms with Crippen LogP contribution in [0.2, 0.25) is 0 Å². The molecule has 0 fully saturated rings. The van der Waals surface area contributed by atoms with E-state index in [0.29, 0.717) is 16.7 Å².